The van der Waals surface area contributed by atoms with Gasteiger partial charge in [0.15, 0.2) is 0 Å². The molecule has 1 aromatic heterocycles. The van der Waals surface area contributed by atoms with E-state index in [1.165, 1.54) is 0 Å². The van der Waals surface area contributed by atoms with Crippen molar-refractivity contribution < 1.29 is 0 Å². The maximum atomic E-state index is 6.08. The van der Waals surface area contributed by atoms with Crippen LogP contribution in [-0.4, -0.2) is 16.8 Å². The third-order valence-electron chi connectivity index (χ3n) is 2.40. The first-order chi connectivity index (χ1) is 8.75. The number of nitrogens with one attached hydrogen (secondary N) is 1. The zero-order chi connectivity index (χ0) is 12.8. The van der Waals surface area contributed by atoms with E-state index in [4.69, 9.17) is 11.6 Å². The van der Waals surface area contributed by atoms with Gasteiger partial charge >= 0.3 is 0 Å². The van der Waals surface area contributed by atoms with Crippen molar-refractivity contribution in [2.24, 2.45) is 0 Å². The SMILES string of the molecule is CC(CNc1ccccc1)Sc1ncccc1Cl. The zero-order valence-electron chi connectivity index (χ0n) is 10.1. The van der Waals surface area contributed by atoms with E-state index in [2.05, 4.69) is 29.4 Å². The van der Waals surface area contributed by atoms with Gasteiger partial charge in [0, 0.05) is 23.7 Å². The van der Waals surface area contributed by atoms with E-state index in [0.717, 1.165) is 17.3 Å². The van der Waals surface area contributed by atoms with E-state index in [1.807, 2.05) is 30.3 Å². The summed E-state index contributed by atoms with van der Waals surface area (Å²) in [5.74, 6) is 0. The maximum Gasteiger partial charge on any atom is 0.115 e. The largest absolute Gasteiger partial charge is 0.384 e. The molecule has 0 radical (unpaired) electrons. The van der Waals surface area contributed by atoms with Gasteiger partial charge in [0.05, 0.1) is 5.02 Å². The van der Waals surface area contributed by atoms with Crippen LogP contribution in [0.4, 0.5) is 5.69 Å². The number of para-hydroxylation sites is 1. The minimum atomic E-state index is 0.401. The third-order valence-corrected chi connectivity index (χ3v) is 3.94. The van der Waals surface area contributed by atoms with Crippen molar-refractivity contribution in [3.05, 3.63) is 53.7 Å². The van der Waals surface area contributed by atoms with Crippen molar-refractivity contribution in [3.8, 4) is 0 Å². The molecule has 1 atom stereocenters. The van der Waals surface area contributed by atoms with Crippen molar-refractivity contribution in [3.63, 3.8) is 0 Å². The quantitative estimate of drug-likeness (QED) is 0.824. The summed E-state index contributed by atoms with van der Waals surface area (Å²) in [7, 11) is 0. The Kier molecular flexibility index (Phi) is 4.90. The molecular weight excluding hydrogens is 264 g/mol. The molecule has 0 fully saturated rings. The summed E-state index contributed by atoms with van der Waals surface area (Å²) in [5, 5.41) is 5.40. The Bertz CT molecular complexity index is 490. The molecule has 2 aromatic rings. The van der Waals surface area contributed by atoms with E-state index in [1.54, 1.807) is 18.0 Å². The summed E-state index contributed by atoms with van der Waals surface area (Å²) >= 11 is 7.77. The molecule has 0 aliphatic rings. The molecule has 0 saturated heterocycles. The molecule has 0 bridgehead atoms. The molecule has 1 N–H and O–H groups in total. The lowest BCUT2D eigenvalue weighted by Crippen LogP contribution is -2.13. The van der Waals surface area contributed by atoms with E-state index < -0.39 is 0 Å². The van der Waals surface area contributed by atoms with E-state index >= 15 is 0 Å². The first-order valence-corrected chi connectivity index (χ1v) is 7.07. The van der Waals surface area contributed by atoms with E-state index in [9.17, 15) is 0 Å². The van der Waals surface area contributed by atoms with Crippen LogP contribution in [0.1, 0.15) is 6.92 Å². The fourth-order valence-electron chi connectivity index (χ4n) is 1.51. The highest BCUT2D eigenvalue weighted by Gasteiger charge is 2.08. The number of aromatic nitrogens is 1. The van der Waals surface area contributed by atoms with Gasteiger partial charge in [0.1, 0.15) is 5.03 Å². The molecule has 0 aliphatic carbocycles. The van der Waals surface area contributed by atoms with Gasteiger partial charge in [0.2, 0.25) is 0 Å². The number of thioether (sulfide) groups is 1. The Hall–Kier alpha value is -1.19. The summed E-state index contributed by atoms with van der Waals surface area (Å²) in [6, 6.07) is 13.9. The second kappa shape index (κ2) is 6.66. The highest BCUT2D eigenvalue weighted by molar-refractivity contribution is 8.00. The van der Waals surface area contributed by atoms with Gasteiger partial charge < -0.3 is 5.32 Å². The number of benzene rings is 1. The molecule has 0 saturated carbocycles. The average molecular weight is 279 g/mol. The van der Waals surface area contributed by atoms with Gasteiger partial charge in [-0.2, -0.15) is 0 Å². The first kappa shape index (κ1) is 13.2. The second-order valence-electron chi connectivity index (χ2n) is 3.97. The maximum absolute atomic E-state index is 6.08. The molecule has 1 unspecified atom stereocenters. The van der Waals surface area contributed by atoms with Gasteiger partial charge in [0.25, 0.3) is 0 Å². The first-order valence-electron chi connectivity index (χ1n) is 5.82. The molecule has 1 heterocycles. The van der Waals surface area contributed by atoms with Gasteiger partial charge in [-0.25, -0.2) is 4.98 Å². The minimum absolute atomic E-state index is 0.401. The fraction of sp³-hybridized carbons (Fsp3) is 0.214. The summed E-state index contributed by atoms with van der Waals surface area (Å²) in [6.45, 7) is 3.03. The van der Waals surface area contributed by atoms with Crippen LogP contribution in [0.5, 0.6) is 0 Å². The van der Waals surface area contributed by atoms with Crippen LogP contribution in [0.3, 0.4) is 0 Å². The summed E-state index contributed by atoms with van der Waals surface area (Å²) in [6.07, 6.45) is 1.77. The van der Waals surface area contributed by atoms with Crippen molar-refractivity contribution in [2.75, 3.05) is 11.9 Å². The number of rotatable bonds is 5. The Morgan fingerprint density at radius 3 is 2.72 bits per heavy atom. The van der Waals surface area contributed by atoms with Crippen molar-refractivity contribution in [1.82, 2.24) is 4.98 Å². The Labute approximate surface area is 117 Å². The smallest absolute Gasteiger partial charge is 0.115 e. The number of hydrogen-bond acceptors (Lipinski definition) is 3. The Morgan fingerprint density at radius 1 is 1.22 bits per heavy atom. The van der Waals surface area contributed by atoms with Crippen LogP contribution in [0.25, 0.3) is 0 Å². The van der Waals surface area contributed by atoms with Crippen LogP contribution in [0.2, 0.25) is 5.02 Å². The van der Waals surface area contributed by atoms with E-state index in [0.29, 0.717) is 10.3 Å². The van der Waals surface area contributed by atoms with E-state index in [-0.39, 0.29) is 0 Å². The van der Waals surface area contributed by atoms with Crippen LogP contribution in [-0.2, 0) is 0 Å². The summed E-state index contributed by atoms with van der Waals surface area (Å²) < 4.78 is 0. The predicted molar refractivity (Wildman–Crippen MR) is 79.5 cm³/mol. The molecule has 0 amide bonds. The average Bonchev–Trinajstić information content (AvgIpc) is 2.40. The number of hydrogen-bond donors (Lipinski definition) is 1. The number of pyridine rings is 1. The van der Waals surface area contributed by atoms with Crippen LogP contribution in [0.15, 0.2) is 53.7 Å². The summed E-state index contributed by atoms with van der Waals surface area (Å²) in [5.41, 5.74) is 1.14. The molecular formula is C14H15ClN2S. The van der Waals surface area contributed by atoms with Gasteiger partial charge in [-0.3, -0.25) is 0 Å². The molecule has 0 aliphatic heterocycles. The van der Waals surface area contributed by atoms with Crippen LogP contribution >= 0.6 is 23.4 Å². The normalized spacial score (nSPS) is 12.1. The molecule has 18 heavy (non-hydrogen) atoms. The minimum Gasteiger partial charge on any atom is -0.384 e. The molecule has 2 nitrogen and oxygen atoms in total. The standard InChI is InChI=1S/C14H15ClN2S/c1-11(10-17-12-6-3-2-4-7-12)18-14-13(15)8-5-9-16-14/h2-9,11,17H,10H2,1H3. The lowest BCUT2D eigenvalue weighted by Gasteiger charge is -2.13. The second-order valence-corrected chi connectivity index (χ2v) is 5.80. The molecule has 4 heteroatoms. The molecule has 1 aromatic carbocycles. The predicted octanol–water partition coefficient (Wildman–Crippen LogP) is 4.33. The monoisotopic (exact) mass is 278 g/mol. The summed E-state index contributed by atoms with van der Waals surface area (Å²) in [4.78, 5) is 4.28. The van der Waals surface area contributed by atoms with Gasteiger partial charge in [-0.05, 0) is 24.3 Å². The molecule has 94 valence electrons. The van der Waals surface area contributed by atoms with Gasteiger partial charge in [-0.1, -0.05) is 48.5 Å². The van der Waals surface area contributed by atoms with Crippen LogP contribution < -0.4 is 5.32 Å². The zero-order valence-corrected chi connectivity index (χ0v) is 11.7. The number of anilines is 1. The highest BCUT2D eigenvalue weighted by atomic mass is 35.5. The van der Waals surface area contributed by atoms with Crippen molar-refractivity contribution in [1.29, 1.82) is 0 Å². The Balaban J connectivity index is 1.86. The van der Waals surface area contributed by atoms with Gasteiger partial charge in [-0.15, -0.1) is 0 Å². The Morgan fingerprint density at radius 2 is 2.00 bits per heavy atom. The lowest BCUT2D eigenvalue weighted by atomic mass is 10.3. The number of nitrogens with zero attached hydrogens (tertiary/aromatic N) is 1. The molecule has 0 spiro atoms. The topological polar surface area (TPSA) is 24.9 Å². The highest BCUT2D eigenvalue weighted by Crippen LogP contribution is 2.27. The fourth-order valence-corrected chi connectivity index (χ4v) is 2.61. The van der Waals surface area contributed by atoms with Crippen molar-refractivity contribution in [2.45, 2.75) is 17.2 Å². The van der Waals surface area contributed by atoms with Crippen LogP contribution in [0, 0.1) is 0 Å². The molecule has 2 rings (SSSR count). The van der Waals surface area contributed by atoms with Crippen molar-refractivity contribution >= 4 is 29.1 Å². The third kappa shape index (κ3) is 3.93. The number of halogens is 1. The lowest BCUT2D eigenvalue weighted by molar-refractivity contribution is 0.989.